The van der Waals surface area contributed by atoms with Gasteiger partial charge < -0.3 is 11.1 Å². The Hall–Kier alpha value is -0.0800. The maximum Gasteiger partial charge on any atom is 0.0138 e. The molecule has 0 aromatic heterocycles. The summed E-state index contributed by atoms with van der Waals surface area (Å²) in [6.45, 7) is 0. The zero-order valence-electron chi connectivity index (χ0n) is 9.36. The Morgan fingerprint density at radius 2 is 1.60 bits per heavy atom. The summed E-state index contributed by atoms with van der Waals surface area (Å²) < 4.78 is 0. The van der Waals surface area contributed by atoms with Crippen LogP contribution >= 0.6 is 0 Å². The monoisotopic (exact) mass is 206 g/mol. The number of nitrogens with two attached hydrogens (primary N) is 1. The van der Waals surface area contributed by atoms with Gasteiger partial charge in [-0.1, -0.05) is 0 Å². The van der Waals surface area contributed by atoms with Gasteiger partial charge in [-0.2, -0.15) is 0 Å². The molecule has 0 aromatic rings. The quantitative estimate of drug-likeness (QED) is 0.718. The van der Waals surface area contributed by atoms with Crippen LogP contribution < -0.4 is 11.1 Å². The first-order chi connectivity index (χ1) is 7.33. The Labute approximate surface area is 92.0 Å². The van der Waals surface area contributed by atoms with E-state index in [0.717, 1.165) is 35.8 Å². The van der Waals surface area contributed by atoms with E-state index < -0.39 is 0 Å². The Morgan fingerprint density at radius 1 is 0.867 bits per heavy atom. The maximum atomic E-state index is 5.96. The van der Waals surface area contributed by atoms with Gasteiger partial charge >= 0.3 is 0 Å². The lowest BCUT2D eigenvalue weighted by Gasteiger charge is -2.15. The van der Waals surface area contributed by atoms with Crippen LogP contribution in [0.5, 0.6) is 0 Å². The number of fused-ring (bicyclic) bond motifs is 5. The summed E-state index contributed by atoms with van der Waals surface area (Å²) in [6, 6.07) is 2.15. The zero-order valence-corrected chi connectivity index (χ0v) is 9.36. The van der Waals surface area contributed by atoms with Crippen LogP contribution in [0.4, 0.5) is 0 Å². The van der Waals surface area contributed by atoms with Crippen LogP contribution in [0.2, 0.25) is 0 Å². The van der Waals surface area contributed by atoms with Gasteiger partial charge in [0, 0.05) is 18.1 Å². The molecule has 3 N–H and O–H groups in total. The highest BCUT2D eigenvalue weighted by molar-refractivity contribution is 5.17. The molecule has 84 valence electrons. The predicted octanol–water partition coefficient (Wildman–Crippen LogP) is 1.50. The second kappa shape index (κ2) is 2.98. The van der Waals surface area contributed by atoms with E-state index in [1.165, 1.54) is 32.1 Å². The molecule has 4 rings (SSSR count). The Balaban J connectivity index is 1.38. The third-order valence-electron chi connectivity index (χ3n) is 5.64. The molecule has 6 unspecified atom stereocenters. The number of hydrogen-bond donors (Lipinski definition) is 2. The smallest absolute Gasteiger partial charge is 0.0138 e. The minimum absolute atomic E-state index is 0.484. The molecule has 4 fully saturated rings. The van der Waals surface area contributed by atoms with Crippen molar-refractivity contribution < 1.29 is 0 Å². The van der Waals surface area contributed by atoms with Crippen molar-refractivity contribution in [1.29, 1.82) is 0 Å². The van der Waals surface area contributed by atoms with Crippen molar-refractivity contribution in [3.8, 4) is 0 Å². The number of rotatable bonds is 2. The van der Waals surface area contributed by atoms with E-state index in [9.17, 15) is 0 Å². The second-order valence-corrected chi connectivity index (χ2v) is 6.45. The lowest BCUT2D eigenvalue weighted by Crippen LogP contribution is -2.33. The van der Waals surface area contributed by atoms with Crippen molar-refractivity contribution in [3.63, 3.8) is 0 Å². The van der Waals surface area contributed by atoms with Crippen LogP contribution in [0, 0.1) is 23.7 Å². The van der Waals surface area contributed by atoms with Gasteiger partial charge in [-0.05, 0) is 62.2 Å². The van der Waals surface area contributed by atoms with Crippen molar-refractivity contribution in [2.45, 2.75) is 56.7 Å². The molecule has 0 aliphatic heterocycles. The first-order valence-corrected chi connectivity index (χ1v) is 6.84. The highest BCUT2D eigenvalue weighted by Gasteiger charge is 2.65. The van der Waals surface area contributed by atoms with Crippen molar-refractivity contribution in [2.75, 3.05) is 0 Å². The molecule has 4 saturated carbocycles. The van der Waals surface area contributed by atoms with E-state index in [1.807, 2.05) is 0 Å². The Kier molecular flexibility index (Phi) is 1.79. The van der Waals surface area contributed by atoms with Crippen LogP contribution in [0.1, 0.15) is 38.5 Å². The first kappa shape index (κ1) is 9.00. The molecule has 2 heteroatoms. The summed E-state index contributed by atoms with van der Waals surface area (Å²) in [5.74, 6) is 4.38. The highest BCUT2D eigenvalue weighted by Crippen LogP contribution is 2.65. The molecule has 0 spiro atoms. The summed E-state index contributed by atoms with van der Waals surface area (Å²) >= 11 is 0. The topological polar surface area (TPSA) is 38.0 Å². The normalized spacial score (nSPS) is 61.0. The average molecular weight is 206 g/mol. The molecule has 0 heterocycles. The molecule has 0 saturated heterocycles. The first-order valence-electron chi connectivity index (χ1n) is 6.84. The van der Waals surface area contributed by atoms with Gasteiger partial charge in [0.2, 0.25) is 0 Å². The molecule has 0 radical (unpaired) electrons. The molecule has 0 amide bonds. The molecule has 6 atom stereocenters. The largest absolute Gasteiger partial charge is 0.328 e. The molecular formula is C13H22N2. The molecule has 2 nitrogen and oxygen atoms in total. The van der Waals surface area contributed by atoms with Gasteiger partial charge in [-0.3, -0.25) is 0 Å². The summed E-state index contributed by atoms with van der Waals surface area (Å²) in [7, 11) is 0. The van der Waals surface area contributed by atoms with Gasteiger partial charge in [0.1, 0.15) is 0 Å². The van der Waals surface area contributed by atoms with E-state index in [2.05, 4.69) is 5.32 Å². The molecule has 15 heavy (non-hydrogen) atoms. The SMILES string of the molecule is NC1CCC(NC2C3C4CCC(C4)C23)C1. The molecular weight excluding hydrogens is 184 g/mol. The molecule has 4 aliphatic rings. The number of hydrogen-bond acceptors (Lipinski definition) is 2. The third kappa shape index (κ3) is 1.24. The van der Waals surface area contributed by atoms with E-state index in [0.29, 0.717) is 6.04 Å². The van der Waals surface area contributed by atoms with E-state index in [1.54, 1.807) is 6.42 Å². The maximum absolute atomic E-state index is 5.96. The van der Waals surface area contributed by atoms with E-state index >= 15 is 0 Å². The molecule has 2 bridgehead atoms. The van der Waals surface area contributed by atoms with Crippen molar-refractivity contribution >= 4 is 0 Å². The fourth-order valence-corrected chi connectivity index (χ4v) is 4.99. The highest BCUT2D eigenvalue weighted by atomic mass is 15.1. The lowest BCUT2D eigenvalue weighted by molar-refractivity contribution is 0.416. The van der Waals surface area contributed by atoms with E-state index in [-0.39, 0.29) is 0 Å². The molecule has 4 aliphatic carbocycles. The van der Waals surface area contributed by atoms with Crippen molar-refractivity contribution in [1.82, 2.24) is 5.32 Å². The van der Waals surface area contributed by atoms with Crippen LogP contribution in [-0.2, 0) is 0 Å². The summed E-state index contributed by atoms with van der Waals surface area (Å²) in [4.78, 5) is 0. The zero-order chi connectivity index (χ0) is 9.99. The van der Waals surface area contributed by atoms with Gasteiger partial charge in [-0.25, -0.2) is 0 Å². The van der Waals surface area contributed by atoms with Crippen LogP contribution in [0.15, 0.2) is 0 Å². The fourth-order valence-electron chi connectivity index (χ4n) is 4.99. The molecule has 0 aromatic carbocycles. The average Bonchev–Trinajstić information content (AvgIpc) is 2.62. The summed E-state index contributed by atoms with van der Waals surface area (Å²) in [6.07, 6.45) is 8.43. The standard InChI is InChI=1S/C13H22N2/c14-9-3-4-10(6-9)15-13-11-7-1-2-8(5-7)12(11)13/h7-13,15H,1-6,14H2. The lowest BCUT2D eigenvalue weighted by atomic mass is 10.0. The van der Waals surface area contributed by atoms with Gasteiger partial charge in [0.15, 0.2) is 0 Å². The van der Waals surface area contributed by atoms with Gasteiger partial charge in [0.25, 0.3) is 0 Å². The second-order valence-electron chi connectivity index (χ2n) is 6.45. The summed E-state index contributed by atoms with van der Waals surface area (Å²) in [5, 5.41) is 3.91. The van der Waals surface area contributed by atoms with Gasteiger partial charge in [-0.15, -0.1) is 0 Å². The van der Waals surface area contributed by atoms with Gasteiger partial charge in [0.05, 0.1) is 0 Å². The van der Waals surface area contributed by atoms with Crippen LogP contribution in [0.25, 0.3) is 0 Å². The van der Waals surface area contributed by atoms with Crippen LogP contribution in [-0.4, -0.2) is 18.1 Å². The minimum Gasteiger partial charge on any atom is -0.328 e. The Morgan fingerprint density at radius 3 is 2.20 bits per heavy atom. The van der Waals surface area contributed by atoms with Crippen molar-refractivity contribution in [3.05, 3.63) is 0 Å². The fraction of sp³-hybridized carbons (Fsp3) is 1.00. The summed E-state index contributed by atoms with van der Waals surface area (Å²) in [5.41, 5.74) is 5.96. The predicted molar refractivity (Wildman–Crippen MR) is 60.3 cm³/mol. The van der Waals surface area contributed by atoms with E-state index in [4.69, 9.17) is 5.73 Å². The third-order valence-corrected chi connectivity index (χ3v) is 5.64. The number of nitrogens with one attached hydrogen (secondary N) is 1. The van der Waals surface area contributed by atoms with Crippen LogP contribution in [0.3, 0.4) is 0 Å². The van der Waals surface area contributed by atoms with Crippen molar-refractivity contribution in [2.24, 2.45) is 29.4 Å². The minimum atomic E-state index is 0.484. The Bertz CT molecular complexity index is 262.